The van der Waals surface area contributed by atoms with Gasteiger partial charge >= 0.3 is 178 Å². The first kappa shape index (κ1) is 17.6. The van der Waals surface area contributed by atoms with Crippen LogP contribution in [0, 0.1) is 23.7 Å². The van der Waals surface area contributed by atoms with Gasteiger partial charge < -0.3 is 0 Å². The third-order valence-electron chi connectivity index (χ3n) is 6.90. The van der Waals surface area contributed by atoms with Crippen LogP contribution >= 0.6 is 43.0 Å². The van der Waals surface area contributed by atoms with Gasteiger partial charge in [0.2, 0.25) is 0 Å². The van der Waals surface area contributed by atoms with Crippen LogP contribution in [0.3, 0.4) is 0 Å². The fourth-order valence-electron chi connectivity index (χ4n) is 5.50. The molecule has 2 N–H and O–H groups in total. The number of halogens is 2. The van der Waals surface area contributed by atoms with Crippen molar-refractivity contribution in [1.29, 1.82) is 0 Å². The number of nitrogens with one attached hydrogen (secondary N) is 2. The zero-order valence-corrected chi connectivity index (χ0v) is 18.7. The van der Waals surface area contributed by atoms with Crippen molar-refractivity contribution in [2.45, 2.75) is 58.0 Å². The molecule has 0 spiro atoms. The van der Waals surface area contributed by atoms with Gasteiger partial charge in [-0.2, -0.15) is 0 Å². The molecule has 3 heterocycles. The predicted octanol–water partition coefficient (Wildman–Crippen LogP) is 1.19. The van der Waals surface area contributed by atoms with Gasteiger partial charge in [-0.25, -0.2) is 0 Å². The van der Waals surface area contributed by atoms with E-state index in [2.05, 4.69) is 29.7 Å². The Hall–Kier alpha value is -0.210. The third kappa shape index (κ3) is 2.48. The van der Waals surface area contributed by atoms with E-state index in [4.69, 9.17) is 14.2 Å². The Kier molecular flexibility index (Phi) is 3.86. The number of rotatable bonds is 5. The number of hydrogen-bond donors (Lipinski definition) is 2. The molecule has 10 heteroatoms. The molecule has 6 fully saturated rings. The molecule has 0 radical (unpaired) electrons. The molecule has 3 saturated heterocycles. The van der Waals surface area contributed by atoms with Gasteiger partial charge in [0.1, 0.15) is 0 Å². The summed E-state index contributed by atoms with van der Waals surface area (Å²) in [6.07, 6.45) is 3.67. The Labute approximate surface area is 177 Å². The molecular formula is C17H20I2N2O6. The van der Waals surface area contributed by atoms with E-state index in [0.717, 1.165) is 25.7 Å². The van der Waals surface area contributed by atoms with Crippen molar-refractivity contribution in [3.05, 3.63) is 0 Å². The van der Waals surface area contributed by atoms with Crippen LogP contribution in [0.5, 0.6) is 0 Å². The van der Waals surface area contributed by atoms with Gasteiger partial charge in [0.05, 0.1) is 0 Å². The predicted molar refractivity (Wildman–Crippen MR) is 108 cm³/mol. The molecule has 3 saturated carbocycles. The Morgan fingerprint density at radius 2 is 1.93 bits per heavy atom. The van der Waals surface area contributed by atoms with Gasteiger partial charge in [-0.15, -0.1) is 0 Å². The normalized spacial score (nSPS) is 44.6. The van der Waals surface area contributed by atoms with Gasteiger partial charge in [0.15, 0.2) is 0 Å². The minimum atomic E-state index is -1.24. The fraction of sp³-hybridized carbons (Fsp3) is 0.824. The monoisotopic (exact) mass is 602 g/mol. The second-order valence-corrected chi connectivity index (χ2v) is 14.0. The van der Waals surface area contributed by atoms with Crippen LogP contribution < -0.4 is 7.06 Å². The first-order valence-electron chi connectivity index (χ1n) is 9.50. The summed E-state index contributed by atoms with van der Waals surface area (Å²) < 4.78 is 23.3. The molecule has 3 aliphatic heterocycles. The van der Waals surface area contributed by atoms with Crippen molar-refractivity contribution in [2.75, 3.05) is 0 Å². The average Bonchev–Trinajstić information content (AvgIpc) is 3.18. The second kappa shape index (κ2) is 5.91. The standard InChI is InChI=1S/C17H20I2N2O6/c18-13(17-19(20-17)21-17)16(24)27-12-7-5-8-10(15(23)26-11(8)12)9(7)14(22)25-6-3-1-2-4-6/h6-13,20-21H,1-5H2. The topological polar surface area (TPSA) is 123 Å². The molecule has 27 heavy (non-hydrogen) atoms. The quantitative estimate of drug-likeness (QED) is 0.0917. The SMILES string of the molecule is O=C1OC2C3CC(C2OC(=O)C(I)C24NI2N4)C(C(=O)OC2CCCC2)C13. The molecule has 0 aromatic carbocycles. The van der Waals surface area contributed by atoms with Crippen molar-refractivity contribution < 1.29 is 28.6 Å². The zero-order chi connectivity index (χ0) is 18.5. The summed E-state index contributed by atoms with van der Waals surface area (Å²) in [6.45, 7) is 0. The van der Waals surface area contributed by atoms with E-state index in [1.54, 1.807) is 0 Å². The van der Waals surface area contributed by atoms with E-state index in [-0.39, 0.29) is 43.4 Å². The molecule has 7 unspecified atom stereocenters. The van der Waals surface area contributed by atoms with E-state index >= 15 is 0 Å². The third-order valence-corrected chi connectivity index (χ3v) is 14.1. The molecule has 148 valence electrons. The Balaban J connectivity index is 1.20. The molecule has 3 aliphatic carbocycles. The maximum absolute atomic E-state index is 12.9. The van der Waals surface area contributed by atoms with Gasteiger partial charge in [0.25, 0.3) is 0 Å². The van der Waals surface area contributed by atoms with Crippen molar-refractivity contribution in [1.82, 2.24) is 7.06 Å². The molecule has 7 atom stereocenters. The van der Waals surface area contributed by atoms with Crippen molar-refractivity contribution in [3.63, 3.8) is 0 Å². The van der Waals surface area contributed by atoms with Crippen molar-refractivity contribution in [2.24, 2.45) is 23.7 Å². The van der Waals surface area contributed by atoms with E-state index in [1.807, 2.05) is 0 Å². The fourth-order valence-corrected chi connectivity index (χ4v) is 12.9. The number of ether oxygens (including phenoxy) is 3. The van der Waals surface area contributed by atoms with Crippen molar-refractivity contribution in [3.8, 4) is 0 Å². The van der Waals surface area contributed by atoms with Gasteiger partial charge in [-0.05, 0) is 0 Å². The number of fused-ring (bicyclic) bond motifs is 2. The number of alkyl halides is 2. The number of carbonyl (C=O) groups excluding carboxylic acids is 3. The summed E-state index contributed by atoms with van der Waals surface area (Å²) in [4.78, 5) is 37.9. The van der Waals surface area contributed by atoms with Gasteiger partial charge in [-0.3, -0.25) is 0 Å². The summed E-state index contributed by atoms with van der Waals surface area (Å²) in [7, 11) is 0. The summed E-state index contributed by atoms with van der Waals surface area (Å²) in [5, 5.41) is 0. The van der Waals surface area contributed by atoms with Crippen LogP contribution in [0.4, 0.5) is 0 Å². The van der Waals surface area contributed by atoms with Crippen LogP contribution in [0.2, 0.25) is 0 Å². The molecular weight excluding hydrogens is 582 g/mol. The zero-order valence-electron chi connectivity index (χ0n) is 14.4. The van der Waals surface area contributed by atoms with E-state index in [0.29, 0.717) is 6.42 Å². The van der Waals surface area contributed by atoms with Gasteiger partial charge in [0, 0.05) is 0 Å². The molecule has 6 aliphatic rings. The van der Waals surface area contributed by atoms with E-state index < -0.39 is 44.4 Å². The molecule has 0 amide bonds. The van der Waals surface area contributed by atoms with Crippen LogP contribution in [0.15, 0.2) is 0 Å². The summed E-state index contributed by atoms with van der Waals surface area (Å²) in [5.74, 6) is -2.09. The Morgan fingerprint density at radius 3 is 2.59 bits per heavy atom. The minimum absolute atomic E-state index is 0.0336. The van der Waals surface area contributed by atoms with Gasteiger partial charge in [-0.1, -0.05) is 0 Å². The number of hydrogen-bond acceptors (Lipinski definition) is 8. The van der Waals surface area contributed by atoms with Crippen LogP contribution in [0.25, 0.3) is 0 Å². The summed E-state index contributed by atoms with van der Waals surface area (Å²) in [6, 6.07) is 0. The van der Waals surface area contributed by atoms with E-state index in [9.17, 15) is 14.4 Å². The maximum atomic E-state index is 12.9. The first-order valence-corrected chi connectivity index (χ1v) is 14.0. The van der Waals surface area contributed by atoms with Crippen LogP contribution in [-0.2, 0) is 28.6 Å². The number of esters is 3. The Morgan fingerprint density at radius 1 is 1.22 bits per heavy atom. The number of carbonyl (C=O) groups is 3. The first-order chi connectivity index (χ1) is 13.0. The average molecular weight is 602 g/mol. The molecule has 2 bridgehead atoms. The summed E-state index contributed by atoms with van der Waals surface area (Å²) >= 11 is 0.884. The molecule has 0 aromatic heterocycles. The Bertz CT molecular complexity index is 737. The van der Waals surface area contributed by atoms with Crippen LogP contribution in [0.1, 0.15) is 32.1 Å². The summed E-state index contributed by atoms with van der Waals surface area (Å²) in [5.41, 5.74) is 0. The van der Waals surface area contributed by atoms with Crippen LogP contribution in [-0.4, -0.2) is 43.8 Å². The van der Waals surface area contributed by atoms with Crippen molar-refractivity contribution >= 4 is 60.9 Å². The molecule has 6 rings (SSSR count). The molecule has 8 nitrogen and oxygen atoms in total. The second-order valence-electron chi connectivity index (χ2n) is 8.31. The molecule has 0 aromatic rings. The van der Waals surface area contributed by atoms with E-state index in [1.165, 1.54) is 0 Å².